The molecule has 0 fully saturated rings. The molecule has 0 spiro atoms. The highest BCUT2D eigenvalue weighted by atomic mass is 16.5. The Balaban J connectivity index is 1.78. The van der Waals surface area contributed by atoms with E-state index in [4.69, 9.17) is 16.2 Å². The van der Waals surface area contributed by atoms with Crippen molar-refractivity contribution in [2.45, 2.75) is 13.3 Å². The van der Waals surface area contributed by atoms with Gasteiger partial charge >= 0.3 is 0 Å². The number of ether oxygens (including phenoxy) is 1. The van der Waals surface area contributed by atoms with Crippen LogP contribution in [0.2, 0.25) is 0 Å². The Morgan fingerprint density at radius 3 is 2.16 bits per heavy atom. The molecule has 3 aromatic rings. The third-order valence-corrected chi connectivity index (χ3v) is 3.90. The average Bonchev–Trinajstić information content (AvgIpc) is 2.61. The largest absolute Gasteiger partial charge is 0.457 e. The monoisotopic (exact) mass is 332 g/mol. The number of ketones is 1. The number of aryl methyl sites for hydroxylation is 1. The smallest absolute Gasteiger partial charge is 0.193 e. The highest BCUT2D eigenvalue weighted by molar-refractivity contribution is 6.10. The van der Waals surface area contributed by atoms with Crippen LogP contribution in [-0.2, 0) is 6.42 Å². The molecule has 4 heteroatoms. The SMILES string of the molecule is CCc1cccc(Oc2ccc(C(=O)c3cc(N)cc(N)c3)cc2)c1. The predicted octanol–water partition coefficient (Wildman–Crippen LogP) is 4.44. The zero-order chi connectivity index (χ0) is 17.8. The molecule has 0 amide bonds. The Morgan fingerprint density at radius 2 is 1.52 bits per heavy atom. The first kappa shape index (κ1) is 16.6. The fourth-order valence-corrected chi connectivity index (χ4v) is 2.61. The van der Waals surface area contributed by atoms with Crippen LogP contribution in [0.25, 0.3) is 0 Å². The molecule has 126 valence electrons. The van der Waals surface area contributed by atoms with E-state index in [-0.39, 0.29) is 5.78 Å². The quantitative estimate of drug-likeness (QED) is 0.535. The number of hydrogen-bond donors (Lipinski definition) is 2. The summed E-state index contributed by atoms with van der Waals surface area (Å²) in [5, 5.41) is 0. The molecule has 0 saturated heterocycles. The molecule has 3 rings (SSSR count). The van der Waals surface area contributed by atoms with Crippen molar-refractivity contribution < 1.29 is 9.53 Å². The lowest BCUT2D eigenvalue weighted by Crippen LogP contribution is -2.03. The standard InChI is InChI=1S/C21H20N2O2/c1-2-14-4-3-5-20(10-14)25-19-8-6-15(7-9-19)21(24)16-11-17(22)13-18(23)12-16/h3-13H,2,22-23H2,1H3. The summed E-state index contributed by atoms with van der Waals surface area (Å²) in [6.45, 7) is 2.10. The minimum Gasteiger partial charge on any atom is -0.457 e. The summed E-state index contributed by atoms with van der Waals surface area (Å²) in [6.07, 6.45) is 0.952. The van der Waals surface area contributed by atoms with Gasteiger partial charge in [0.15, 0.2) is 5.78 Å². The van der Waals surface area contributed by atoms with E-state index in [0.717, 1.165) is 12.2 Å². The van der Waals surface area contributed by atoms with Crippen LogP contribution in [0.5, 0.6) is 11.5 Å². The van der Waals surface area contributed by atoms with E-state index < -0.39 is 0 Å². The molecule has 0 unspecified atom stereocenters. The van der Waals surface area contributed by atoms with Crippen molar-refractivity contribution in [2.75, 3.05) is 11.5 Å². The third kappa shape index (κ3) is 3.98. The summed E-state index contributed by atoms with van der Waals surface area (Å²) < 4.78 is 5.85. The van der Waals surface area contributed by atoms with Crippen molar-refractivity contribution in [3.63, 3.8) is 0 Å². The van der Waals surface area contributed by atoms with Gasteiger partial charge in [-0.05, 0) is 66.6 Å². The fraction of sp³-hybridized carbons (Fsp3) is 0.0952. The second kappa shape index (κ2) is 7.09. The number of anilines is 2. The third-order valence-electron chi connectivity index (χ3n) is 3.90. The van der Waals surface area contributed by atoms with E-state index in [9.17, 15) is 4.79 Å². The van der Waals surface area contributed by atoms with Crippen LogP contribution in [0.15, 0.2) is 66.7 Å². The zero-order valence-corrected chi connectivity index (χ0v) is 14.0. The fourth-order valence-electron chi connectivity index (χ4n) is 2.61. The Hall–Kier alpha value is -3.27. The molecule has 0 saturated carbocycles. The Morgan fingerprint density at radius 1 is 0.840 bits per heavy atom. The summed E-state index contributed by atoms with van der Waals surface area (Å²) in [4.78, 5) is 12.6. The molecule has 0 radical (unpaired) electrons. The van der Waals surface area contributed by atoms with Crippen LogP contribution in [0.4, 0.5) is 11.4 Å². The van der Waals surface area contributed by atoms with Gasteiger partial charge in [0, 0.05) is 22.5 Å². The summed E-state index contributed by atoms with van der Waals surface area (Å²) in [5.74, 6) is 1.33. The lowest BCUT2D eigenvalue weighted by atomic mass is 10.0. The Bertz CT molecular complexity index is 882. The maximum Gasteiger partial charge on any atom is 0.193 e. The first-order chi connectivity index (χ1) is 12.0. The van der Waals surface area contributed by atoms with Crippen LogP contribution in [-0.4, -0.2) is 5.78 Å². The molecule has 0 aliphatic carbocycles. The van der Waals surface area contributed by atoms with Gasteiger partial charge in [-0.1, -0.05) is 19.1 Å². The van der Waals surface area contributed by atoms with Gasteiger partial charge in [-0.3, -0.25) is 4.79 Å². The van der Waals surface area contributed by atoms with Gasteiger partial charge in [0.25, 0.3) is 0 Å². The minimum absolute atomic E-state index is 0.126. The minimum atomic E-state index is -0.126. The molecular weight excluding hydrogens is 312 g/mol. The van der Waals surface area contributed by atoms with Crippen LogP contribution < -0.4 is 16.2 Å². The molecule has 0 heterocycles. The van der Waals surface area contributed by atoms with Crippen LogP contribution in [0, 0.1) is 0 Å². The molecule has 25 heavy (non-hydrogen) atoms. The number of carbonyl (C=O) groups excluding carboxylic acids is 1. The van der Waals surface area contributed by atoms with Gasteiger partial charge in [-0.2, -0.15) is 0 Å². The summed E-state index contributed by atoms with van der Waals surface area (Å²) in [7, 11) is 0. The van der Waals surface area contributed by atoms with E-state index in [1.165, 1.54) is 5.56 Å². The van der Waals surface area contributed by atoms with E-state index in [2.05, 4.69) is 13.0 Å². The molecule has 0 atom stereocenters. The van der Waals surface area contributed by atoms with Crippen molar-refractivity contribution in [3.05, 3.63) is 83.4 Å². The second-order valence-corrected chi connectivity index (χ2v) is 5.84. The number of hydrogen-bond acceptors (Lipinski definition) is 4. The number of nitrogens with two attached hydrogens (primary N) is 2. The van der Waals surface area contributed by atoms with Crippen molar-refractivity contribution in [1.29, 1.82) is 0 Å². The number of nitrogen functional groups attached to an aromatic ring is 2. The van der Waals surface area contributed by atoms with Crippen molar-refractivity contribution in [2.24, 2.45) is 0 Å². The highest BCUT2D eigenvalue weighted by Gasteiger charge is 2.11. The Kier molecular flexibility index (Phi) is 4.70. The molecule has 3 aromatic carbocycles. The van der Waals surface area contributed by atoms with Crippen molar-refractivity contribution >= 4 is 17.2 Å². The number of carbonyl (C=O) groups is 1. The Labute approximate surface area is 147 Å². The topological polar surface area (TPSA) is 78.3 Å². The van der Waals surface area contributed by atoms with Gasteiger partial charge in [0.2, 0.25) is 0 Å². The summed E-state index contributed by atoms with van der Waals surface area (Å²) in [6, 6.07) is 19.9. The van der Waals surface area contributed by atoms with Crippen molar-refractivity contribution in [3.8, 4) is 11.5 Å². The number of rotatable bonds is 5. The zero-order valence-electron chi connectivity index (χ0n) is 14.0. The van der Waals surface area contributed by atoms with Crippen LogP contribution in [0.1, 0.15) is 28.4 Å². The average molecular weight is 332 g/mol. The van der Waals surface area contributed by atoms with Crippen LogP contribution >= 0.6 is 0 Å². The predicted molar refractivity (Wildman–Crippen MR) is 101 cm³/mol. The first-order valence-corrected chi connectivity index (χ1v) is 8.13. The molecule has 4 N–H and O–H groups in total. The lowest BCUT2D eigenvalue weighted by molar-refractivity contribution is 0.103. The first-order valence-electron chi connectivity index (χ1n) is 8.13. The van der Waals surface area contributed by atoms with Gasteiger partial charge in [-0.25, -0.2) is 0 Å². The van der Waals surface area contributed by atoms with Crippen molar-refractivity contribution in [1.82, 2.24) is 0 Å². The number of benzene rings is 3. The van der Waals surface area contributed by atoms with E-state index in [1.807, 2.05) is 18.2 Å². The highest BCUT2D eigenvalue weighted by Crippen LogP contribution is 2.24. The van der Waals surface area contributed by atoms with E-state index >= 15 is 0 Å². The molecule has 0 aromatic heterocycles. The summed E-state index contributed by atoms with van der Waals surface area (Å²) >= 11 is 0. The van der Waals surface area contributed by atoms with Gasteiger partial charge in [0.05, 0.1) is 0 Å². The van der Waals surface area contributed by atoms with Gasteiger partial charge in [0.1, 0.15) is 11.5 Å². The lowest BCUT2D eigenvalue weighted by Gasteiger charge is -2.08. The molecule has 0 aliphatic rings. The molecule has 0 aliphatic heterocycles. The van der Waals surface area contributed by atoms with E-state index in [1.54, 1.807) is 42.5 Å². The second-order valence-electron chi connectivity index (χ2n) is 5.84. The molecule has 0 bridgehead atoms. The molecule has 4 nitrogen and oxygen atoms in total. The maximum atomic E-state index is 12.6. The van der Waals surface area contributed by atoms with Gasteiger partial charge in [-0.15, -0.1) is 0 Å². The van der Waals surface area contributed by atoms with Crippen LogP contribution in [0.3, 0.4) is 0 Å². The van der Waals surface area contributed by atoms with Gasteiger partial charge < -0.3 is 16.2 Å². The summed E-state index contributed by atoms with van der Waals surface area (Å²) in [5.41, 5.74) is 14.7. The normalized spacial score (nSPS) is 10.4. The van der Waals surface area contributed by atoms with E-state index in [0.29, 0.717) is 28.3 Å². The molecular formula is C21H20N2O2. The maximum absolute atomic E-state index is 12.6.